The fraction of sp³-hybridized carbons (Fsp3) is 0.176. The molecule has 4 nitrogen and oxygen atoms in total. The van der Waals surface area contributed by atoms with Gasteiger partial charge in [-0.05, 0) is 23.6 Å². The Hall–Kier alpha value is -2.62. The van der Waals surface area contributed by atoms with Crippen LogP contribution in [0.25, 0.3) is 0 Å². The van der Waals surface area contributed by atoms with Gasteiger partial charge in [-0.25, -0.2) is 4.79 Å². The lowest BCUT2D eigenvalue weighted by molar-refractivity contribution is 0.135. The van der Waals surface area contributed by atoms with Crippen molar-refractivity contribution < 1.29 is 9.53 Å². The van der Waals surface area contributed by atoms with Crippen molar-refractivity contribution in [2.75, 3.05) is 0 Å². The molecule has 1 N–H and O–H groups in total. The number of carbonyl (C=O) groups is 1. The van der Waals surface area contributed by atoms with Crippen LogP contribution in [0.1, 0.15) is 23.6 Å². The van der Waals surface area contributed by atoms with Crippen LogP contribution in [-0.2, 0) is 11.3 Å². The number of carbonyl (C=O) groups excluding carboxylic acids is 1. The zero-order valence-corrected chi connectivity index (χ0v) is 11.7. The zero-order chi connectivity index (χ0) is 14.9. The number of amides is 1. The Labute approximate surface area is 124 Å². The highest BCUT2D eigenvalue weighted by Crippen LogP contribution is 2.16. The molecule has 0 spiro atoms. The molecule has 1 aromatic carbocycles. The Kier molecular flexibility index (Phi) is 5.52. The highest BCUT2D eigenvalue weighted by Gasteiger charge is 2.14. The van der Waals surface area contributed by atoms with Crippen molar-refractivity contribution in [3.05, 3.63) is 78.6 Å². The van der Waals surface area contributed by atoms with Crippen LogP contribution in [0.3, 0.4) is 0 Å². The molecule has 0 fully saturated rings. The Bertz CT molecular complexity index is 570. The third-order valence-corrected chi connectivity index (χ3v) is 2.99. The minimum absolute atomic E-state index is 0.181. The van der Waals surface area contributed by atoms with E-state index in [9.17, 15) is 4.79 Å². The summed E-state index contributed by atoms with van der Waals surface area (Å²) < 4.78 is 5.22. The maximum absolute atomic E-state index is 11.9. The number of ether oxygens (including phenoxy) is 1. The van der Waals surface area contributed by atoms with Gasteiger partial charge >= 0.3 is 6.09 Å². The number of benzene rings is 1. The van der Waals surface area contributed by atoms with Gasteiger partial charge in [0.15, 0.2) is 0 Å². The first kappa shape index (κ1) is 14.8. The van der Waals surface area contributed by atoms with Crippen molar-refractivity contribution in [1.82, 2.24) is 10.3 Å². The van der Waals surface area contributed by atoms with Crippen molar-refractivity contribution in [3.63, 3.8) is 0 Å². The summed E-state index contributed by atoms with van der Waals surface area (Å²) in [5.41, 5.74) is 1.88. The van der Waals surface area contributed by atoms with Crippen LogP contribution < -0.4 is 5.32 Å². The summed E-state index contributed by atoms with van der Waals surface area (Å²) in [6.07, 6.45) is 5.35. The van der Waals surface area contributed by atoms with Crippen molar-refractivity contribution in [2.24, 2.45) is 0 Å². The number of rotatable bonds is 6. The van der Waals surface area contributed by atoms with Gasteiger partial charge in [-0.15, -0.1) is 6.58 Å². The molecule has 0 radical (unpaired) electrons. The Morgan fingerprint density at radius 2 is 2.10 bits per heavy atom. The Morgan fingerprint density at radius 3 is 2.76 bits per heavy atom. The van der Waals surface area contributed by atoms with Crippen molar-refractivity contribution in [1.29, 1.82) is 0 Å². The smallest absolute Gasteiger partial charge is 0.407 e. The molecular weight excluding hydrogens is 264 g/mol. The van der Waals surface area contributed by atoms with Crippen LogP contribution >= 0.6 is 0 Å². The molecule has 0 aliphatic carbocycles. The Morgan fingerprint density at radius 1 is 1.29 bits per heavy atom. The molecule has 21 heavy (non-hydrogen) atoms. The van der Waals surface area contributed by atoms with Crippen LogP contribution in [0.2, 0.25) is 0 Å². The van der Waals surface area contributed by atoms with E-state index in [1.54, 1.807) is 18.5 Å². The molecule has 2 aromatic rings. The van der Waals surface area contributed by atoms with Crippen LogP contribution in [0.5, 0.6) is 0 Å². The highest BCUT2D eigenvalue weighted by atomic mass is 16.5. The first-order chi connectivity index (χ1) is 10.3. The van der Waals surface area contributed by atoms with Crippen molar-refractivity contribution in [3.8, 4) is 0 Å². The molecule has 2 rings (SSSR count). The molecular formula is C17H18N2O2. The van der Waals surface area contributed by atoms with E-state index in [0.717, 1.165) is 11.1 Å². The second-order valence-electron chi connectivity index (χ2n) is 4.57. The normalized spacial score (nSPS) is 11.4. The molecule has 1 heterocycles. The number of nitrogens with one attached hydrogen (secondary N) is 1. The lowest BCUT2D eigenvalue weighted by Crippen LogP contribution is -2.28. The van der Waals surface area contributed by atoms with Gasteiger partial charge < -0.3 is 10.1 Å². The fourth-order valence-corrected chi connectivity index (χ4v) is 1.93. The Balaban J connectivity index is 1.91. The third-order valence-electron chi connectivity index (χ3n) is 2.99. The van der Waals surface area contributed by atoms with E-state index in [4.69, 9.17) is 4.74 Å². The number of hydrogen-bond donors (Lipinski definition) is 1. The van der Waals surface area contributed by atoms with Crippen molar-refractivity contribution in [2.45, 2.75) is 19.1 Å². The maximum atomic E-state index is 11.9. The summed E-state index contributed by atoms with van der Waals surface area (Å²) in [4.78, 5) is 15.9. The molecule has 0 aliphatic heterocycles. The van der Waals surface area contributed by atoms with Crippen LogP contribution in [-0.4, -0.2) is 11.1 Å². The molecule has 1 atom stereocenters. The van der Waals surface area contributed by atoms with Gasteiger partial charge in [-0.2, -0.15) is 0 Å². The average molecular weight is 282 g/mol. The number of nitrogens with zero attached hydrogens (tertiary/aromatic N) is 1. The van der Waals surface area contributed by atoms with E-state index in [0.29, 0.717) is 6.42 Å². The average Bonchev–Trinajstić information content (AvgIpc) is 2.54. The van der Waals surface area contributed by atoms with E-state index in [1.807, 2.05) is 42.5 Å². The highest BCUT2D eigenvalue weighted by molar-refractivity contribution is 5.68. The minimum atomic E-state index is -0.449. The molecule has 4 heteroatoms. The van der Waals surface area contributed by atoms with E-state index in [2.05, 4.69) is 16.9 Å². The third kappa shape index (κ3) is 4.76. The molecule has 1 aromatic heterocycles. The first-order valence-electron chi connectivity index (χ1n) is 6.77. The molecule has 0 saturated carbocycles. The van der Waals surface area contributed by atoms with E-state index in [1.165, 1.54) is 0 Å². The monoisotopic (exact) mass is 282 g/mol. The van der Waals surface area contributed by atoms with Crippen LogP contribution in [0, 0.1) is 0 Å². The van der Waals surface area contributed by atoms with Gasteiger partial charge in [0.05, 0.1) is 6.04 Å². The van der Waals surface area contributed by atoms with E-state index < -0.39 is 6.09 Å². The number of alkyl carbamates (subject to hydrolysis) is 1. The molecule has 0 saturated heterocycles. The fourth-order valence-electron chi connectivity index (χ4n) is 1.93. The lowest BCUT2D eigenvalue weighted by Gasteiger charge is -2.17. The summed E-state index contributed by atoms with van der Waals surface area (Å²) in [6, 6.07) is 13.1. The first-order valence-corrected chi connectivity index (χ1v) is 6.77. The van der Waals surface area contributed by atoms with Crippen LogP contribution in [0.15, 0.2) is 67.5 Å². The summed E-state index contributed by atoms with van der Waals surface area (Å²) >= 11 is 0. The maximum Gasteiger partial charge on any atom is 0.407 e. The summed E-state index contributed by atoms with van der Waals surface area (Å²) in [5.74, 6) is 0. The predicted molar refractivity (Wildman–Crippen MR) is 81.6 cm³/mol. The molecule has 0 bridgehead atoms. The summed E-state index contributed by atoms with van der Waals surface area (Å²) in [5, 5.41) is 2.83. The standard InChI is InChI=1S/C17H18N2O2/c1-2-7-16(15-10-6-11-18-12-15)19-17(20)21-13-14-8-4-3-5-9-14/h2-6,8-12,16H,1,7,13H2,(H,19,20)/t16-/m0/s1. The molecule has 0 aliphatic rings. The number of pyridine rings is 1. The van der Waals surface area contributed by atoms with Crippen molar-refractivity contribution >= 4 is 6.09 Å². The SMILES string of the molecule is C=CC[C@H](NC(=O)OCc1ccccc1)c1cccnc1. The predicted octanol–water partition coefficient (Wildman–Crippen LogP) is 3.63. The summed E-state index contributed by atoms with van der Waals surface area (Å²) in [6.45, 7) is 3.96. The van der Waals surface area contributed by atoms with Gasteiger partial charge in [-0.1, -0.05) is 42.5 Å². The largest absolute Gasteiger partial charge is 0.445 e. The number of hydrogen-bond acceptors (Lipinski definition) is 3. The molecule has 1 amide bonds. The summed E-state index contributed by atoms with van der Waals surface area (Å²) in [7, 11) is 0. The second-order valence-corrected chi connectivity index (χ2v) is 4.57. The second kappa shape index (κ2) is 7.85. The topological polar surface area (TPSA) is 51.2 Å². The quantitative estimate of drug-likeness (QED) is 0.823. The molecule has 108 valence electrons. The zero-order valence-electron chi connectivity index (χ0n) is 11.7. The van der Waals surface area contributed by atoms with E-state index in [-0.39, 0.29) is 12.6 Å². The van der Waals surface area contributed by atoms with Gasteiger partial charge in [0, 0.05) is 12.4 Å². The molecule has 0 unspecified atom stereocenters. The van der Waals surface area contributed by atoms with Gasteiger partial charge in [-0.3, -0.25) is 4.98 Å². The lowest BCUT2D eigenvalue weighted by atomic mass is 10.1. The van der Waals surface area contributed by atoms with Crippen LogP contribution in [0.4, 0.5) is 4.79 Å². The van der Waals surface area contributed by atoms with Gasteiger partial charge in [0.1, 0.15) is 6.61 Å². The van der Waals surface area contributed by atoms with Gasteiger partial charge in [0.25, 0.3) is 0 Å². The van der Waals surface area contributed by atoms with E-state index >= 15 is 0 Å². The minimum Gasteiger partial charge on any atom is -0.445 e. The number of aromatic nitrogens is 1. The van der Waals surface area contributed by atoms with Gasteiger partial charge in [0.2, 0.25) is 0 Å².